The second-order valence-electron chi connectivity index (χ2n) is 7.60. The fourth-order valence-corrected chi connectivity index (χ4v) is 5.02. The van der Waals surface area contributed by atoms with E-state index >= 15 is 0 Å². The maximum Gasteiger partial charge on any atom is 0.230 e. The molecule has 0 bridgehead atoms. The first-order chi connectivity index (χ1) is 13.7. The fraction of sp³-hybridized carbons (Fsp3) is 0.304. The van der Waals surface area contributed by atoms with Crippen LogP contribution in [0.2, 0.25) is 0 Å². The zero-order valence-corrected chi connectivity index (χ0v) is 17.2. The third-order valence-corrected chi connectivity index (χ3v) is 6.68. The highest BCUT2D eigenvalue weighted by Crippen LogP contribution is 2.34. The van der Waals surface area contributed by atoms with Crippen LogP contribution in [0.15, 0.2) is 59.2 Å². The van der Waals surface area contributed by atoms with Gasteiger partial charge in [-0.1, -0.05) is 30.3 Å². The lowest BCUT2D eigenvalue weighted by Gasteiger charge is -2.35. The Bertz CT molecular complexity index is 1040. The Morgan fingerprint density at radius 3 is 2.64 bits per heavy atom. The van der Waals surface area contributed by atoms with Crippen LogP contribution in [0.5, 0.6) is 0 Å². The molecule has 2 aliphatic heterocycles. The summed E-state index contributed by atoms with van der Waals surface area (Å²) in [6.45, 7) is 2.62. The van der Waals surface area contributed by atoms with Gasteiger partial charge in [-0.05, 0) is 59.0 Å². The van der Waals surface area contributed by atoms with Crippen molar-refractivity contribution in [1.29, 1.82) is 0 Å². The molecule has 4 nitrogen and oxygen atoms in total. The first kappa shape index (κ1) is 17.7. The van der Waals surface area contributed by atoms with Crippen molar-refractivity contribution in [2.45, 2.75) is 19.3 Å². The Balaban J connectivity index is 1.32. The number of nitrogens with zero attached hydrogens (tertiary/aromatic N) is 3. The number of carbonyl (C=O) groups excluding carboxylic acids is 1. The van der Waals surface area contributed by atoms with Crippen LogP contribution in [-0.2, 0) is 11.2 Å². The number of hydrogen-bond donors (Lipinski definition) is 0. The first-order valence-electron chi connectivity index (χ1n) is 9.90. The highest BCUT2D eigenvalue weighted by Gasteiger charge is 2.32. The van der Waals surface area contributed by atoms with E-state index in [9.17, 15) is 4.79 Å². The third-order valence-electron chi connectivity index (χ3n) is 6.04. The lowest BCUT2D eigenvalue weighted by Crippen LogP contribution is -2.42. The Kier molecular flexibility index (Phi) is 4.55. The predicted molar refractivity (Wildman–Crippen MR) is 117 cm³/mol. The molecule has 1 saturated heterocycles. The van der Waals surface area contributed by atoms with E-state index in [0.717, 1.165) is 60.0 Å². The number of benzene rings is 2. The molecule has 1 aromatic heterocycles. The molecule has 1 amide bonds. The van der Waals surface area contributed by atoms with Gasteiger partial charge in [0.05, 0.1) is 5.52 Å². The molecule has 0 radical (unpaired) electrons. The highest BCUT2D eigenvalue weighted by atomic mass is 79.9. The van der Waals surface area contributed by atoms with Crippen LogP contribution < -0.4 is 9.80 Å². The molecular weight excluding hydrogens is 414 g/mol. The van der Waals surface area contributed by atoms with Gasteiger partial charge in [-0.3, -0.25) is 9.78 Å². The number of anilines is 2. The number of carbonyl (C=O) groups is 1. The van der Waals surface area contributed by atoms with E-state index in [-0.39, 0.29) is 5.92 Å². The van der Waals surface area contributed by atoms with Crippen molar-refractivity contribution >= 4 is 44.1 Å². The maximum atomic E-state index is 13.2. The molecule has 0 N–H and O–H groups in total. The minimum absolute atomic E-state index is 0.113. The monoisotopic (exact) mass is 435 g/mol. The second kappa shape index (κ2) is 7.21. The van der Waals surface area contributed by atoms with Gasteiger partial charge >= 0.3 is 0 Å². The smallest absolute Gasteiger partial charge is 0.230 e. The molecule has 0 saturated carbocycles. The van der Waals surface area contributed by atoms with E-state index in [2.05, 4.69) is 62.2 Å². The Morgan fingerprint density at radius 2 is 1.79 bits per heavy atom. The number of aromatic nitrogens is 1. The molecule has 0 aliphatic carbocycles. The Morgan fingerprint density at radius 1 is 0.964 bits per heavy atom. The zero-order valence-electron chi connectivity index (χ0n) is 15.6. The van der Waals surface area contributed by atoms with Crippen LogP contribution in [0.1, 0.15) is 18.4 Å². The van der Waals surface area contributed by atoms with Crippen LogP contribution in [0.3, 0.4) is 0 Å². The number of rotatable bonds is 2. The van der Waals surface area contributed by atoms with Gasteiger partial charge in [-0.15, -0.1) is 0 Å². The van der Waals surface area contributed by atoms with Crippen LogP contribution in [-0.4, -0.2) is 30.5 Å². The van der Waals surface area contributed by atoms with Gasteiger partial charge in [-0.25, -0.2) is 0 Å². The summed E-state index contributed by atoms with van der Waals surface area (Å²) in [5.41, 5.74) is 4.61. The highest BCUT2D eigenvalue weighted by molar-refractivity contribution is 9.10. The van der Waals surface area contributed by atoms with Crippen molar-refractivity contribution in [3.63, 3.8) is 0 Å². The van der Waals surface area contributed by atoms with Crippen molar-refractivity contribution in [2.75, 3.05) is 29.4 Å². The van der Waals surface area contributed by atoms with Crippen LogP contribution in [0, 0.1) is 5.92 Å². The summed E-state index contributed by atoms with van der Waals surface area (Å²) >= 11 is 3.60. The standard InChI is InChI=1S/C23H22BrN3O/c24-19-6-3-5-18-21(8-12-25-22(18)19)26-13-9-17(10-14-26)23(28)27-15-11-16-4-1-2-7-20(16)27/h1-8,12,17H,9-11,13-15H2. The normalized spacial score (nSPS) is 17.2. The molecule has 3 aromatic rings. The summed E-state index contributed by atoms with van der Waals surface area (Å²) in [7, 11) is 0. The largest absolute Gasteiger partial charge is 0.371 e. The molecule has 0 unspecified atom stereocenters. The van der Waals surface area contributed by atoms with Gasteiger partial charge in [0.25, 0.3) is 0 Å². The van der Waals surface area contributed by atoms with Crippen molar-refractivity contribution in [3.8, 4) is 0 Å². The number of hydrogen-bond acceptors (Lipinski definition) is 3. The number of pyridine rings is 1. The van der Waals surface area contributed by atoms with E-state index in [1.165, 1.54) is 11.3 Å². The van der Waals surface area contributed by atoms with E-state index in [1.54, 1.807) is 0 Å². The zero-order chi connectivity index (χ0) is 19.1. The van der Waals surface area contributed by atoms with E-state index in [4.69, 9.17) is 0 Å². The third kappa shape index (κ3) is 2.98. The average molecular weight is 436 g/mol. The van der Waals surface area contributed by atoms with E-state index < -0.39 is 0 Å². The van der Waals surface area contributed by atoms with Crippen molar-refractivity contribution in [2.24, 2.45) is 5.92 Å². The second-order valence-corrected chi connectivity index (χ2v) is 8.45. The minimum atomic E-state index is 0.113. The van der Waals surface area contributed by atoms with Gasteiger partial charge in [-0.2, -0.15) is 0 Å². The molecule has 28 heavy (non-hydrogen) atoms. The maximum absolute atomic E-state index is 13.2. The summed E-state index contributed by atoms with van der Waals surface area (Å²) < 4.78 is 1.02. The molecule has 2 aliphatic rings. The molecule has 0 spiro atoms. The van der Waals surface area contributed by atoms with E-state index in [1.807, 2.05) is 23.2 Å². The van der Waals surface area contributed by atoms with Crippen molar-refractivity contribution < 1.29 is 4.79 Å². The van der Waals surface area contributed by atoms with E-state index in [0.29, 0.717) is 5.91 Å². The minimum Gasteiger partial charge on any atom is -0.371 e. The molecule has 5 heteroatoms. The molecule has 1 fully saturated rings. The number of fused-ring (bicyclic) bond motifs is 2. The first-order valence-corrected chi connectivity index (χ1v) is 10.7. The van der Waals surface area contributed by atoms with Gasteiger partial charge < -0.3 is 9.80 Å². The quantitative estimate of drug-likeness (QED) is 0.579. The topological polar surface area (TPSA) is 36.4 Å². The molecule has 3 heterocycles. The van der Waals surface area contributed by atoms with Crippen molar-refractivity contribution in [3.05, 3.63) is 64.8 Å². The van der Waals surface area contributed by atoms with Crippen LogP contribution in [0.4, 0.5) is 11.4 Å². The van der Waals surface area contributed by atoms with Gasteiger partial charge in [0.1, 0.15) is 0 Å². The summed E-state index contributed by atoms with van der Waals surface area (Å²) in [5.74, 6) is 0.411. The average Bonchev–Trinajstić information content (AvgIpc) is 3.18. The van der Waals surface area contributed by atoms with Gasteiger partial charge in [0.15, 0.2) is 0 Å². The summed E-state index contributed by atoms with van der Waals surface area (Å²) in [5, 5.41) is 1.16. The van der Waals surface area contributed by atoms with Crippen LogP contribution >= 0.6 is 15.9 Å². The SMILES string of the molecule is O=C(C1CCN(c2ccnc3c(Br)cccc23)CC1)N1CCc2ccccc21. The molecule has 142 valence electrons. The lowest BCUT2D eigenvalue weighted by molar-refractivity contribution is -0.122. The molecule has 0 atom stereocenters. The summed E-state index contributed by atoms with van der Waals surface area (Å²) in [6.07, 6.45) is 4.64. The predicted octanol–water partition coefficient (Wildman–Crippen LogP) is 4.80. The fourth-order valence-electron chi connectivity index (χ4n) is 4.56. The van der Waals surface area contributed by atoms with Crippen molar-refractivity contribution in [1.82, 2.24) is 4.98 Å². The van der Waals surface area contributed by atoms with Gasteiger partial charge in [0.2, 0.25) is 5.91 Å². The molecule has 5 rings (SSSR count). The summed E-state index contributed by atoms with van der Waals surface area (Å²) in [4.78, 5) is 22.1. The molecule has 2 aromatic carbocycles. The number of para-hydroxylation sites is 2. The number of halogens is 1. The number of amides is 1. The van der Waals surface area contributed by atoms with Crippen LogP contribution in [0.25, 0.3) is 10.9 Å². The Hall–Kier alpha value is -2.40. The number of piperidine rings is 1. The Labute approximate surface area is 173 Å². The lowest BCUT2D eigenvalue weighted by atomic mass is 9.94. The summed E-state index contributed by atoms with van der Waals surface area (Å²) in [6, 6.07) is 16.6. The molecular formula is C23H22BrN3O. The van der Waals surface area contributed by atoms with Gasteiger partial charge in [0, 0.05) is 53.0 Å².